The summed E-state index contributed by atoms with van der Waals surface area (Å²) in [5.74, 6) is 0. The quantitative estimate of drug-likeness (QED) is 0.633. The normalized spacial score (nSPS) is 28.5. The maximum Gasteiger partial charge on any atom is 0.0712 e. The molecule has 2 heteroatoms. The third kappa shape index (κ3) is 1.05. The summed E-state index contributed by atoms with van der Waals surface area (Å²) in [6.07, 6.45) is 7.94. The number of rotatable bonds is 2. The van der Waals surface area contributed by atoms with Crippen LogP contribution in [0.3, 0.4) is 0 Å². The SMILES string of the molecule is CSC1(c2cccs2)C=CC1. The Morgan fingerprint density at radius 2 is 2.45 bits per heavy atom. The van der Waals surface area contributed by atoms with E-state index in [2.05, 4.69) is 35.9 Å². The van der Waals surface area contributed by atoms with Crippen LogP contribution in [0.5, 0.6) is 0 Å². The van der Waals surface area contributed by atoms with E-state index in [0.717, 1.165) is 0 Å². The van der Waals surface area contributed by atoms with Gasteiger partial charge in [0.05, 0.1) is 4.75 Å². The van der Waals surface area contributed by atoms with E-state index >= 15 is 0 Å². The molecule has 0 radical (unpaired) electrons. The number of thioether (sulfide) groups is 1. The van der Waals surface area contributed by atoms with Crippen LogP contribution >= 0.6 is 23.1 Å². The van der Waals surface area contributed by atoms with Gasteiger partial charge in [-0.15, -0.1) is 23.1 Å². The Balaban J connectivity index is 2.34. The van der Waals surface area contributed by atoms with Crippen molar-refractivity contribution in [3.8, 4) is 0 Å². The first kappa shape index (κ1) is 7.44. The minimum absolute atomic E-state index is 0.341. The van der Waals surface area contributed by atoms with Crippen LogP contribution in [0.25, 0.3) is 0 Å². The molecule has 0 aliphatic heterocycles. The Morgan fingerprint density at radius 1 is 1.64 bits per heavy atom. The highest BCUT2D eigenvalue weighted by Gasteiger charge is 2.33. The number of allylic oxidation sites excluding steroid dienone is 1. The lowest BCUT2D eigenvalue weighted by Gasteiger charge is -2.32. The minimum atomic E-state index is 0.341. The molecule has 0 aromatic carbocycles. The molecule has 0 bridgehead atoms. The van der Waals surface area contributed by atoms with E-state index in [9.17, 15) is 0 Å². The first-order valence-corrected chi connectivity index (χ1v) is 5.75. The first-order chi connectivity index (χ1) is 5.37. The van der Waals surface area contributed by atoms with Crippen LogP contribution in [0.15, 0.2) is 29.7 Å². The van der Waals surface area contributed by atoms with Crippen molar-refractivity contribution in [3.63, 3.8) is 0 Å². The average molecular weight is 182 g/mol. The molecule has 1 heterocycles. The van der Waals surface area contributed by atoms with Crippen LogP contribution in [-0.2, 0) is 4.75 Å². The molecule has 1 aromatic rings. The molecule has 1 atom stereocenters. The van der Waals surface area contributed by atoms with Crippen molar-refractivity contribution in [1.82, 2.24) is 0 Å². The Morgan fingerprint density at radius 3 is 2.82 bits per heavy atom. The second kappa shape index (κ2) is 2.68. The summed E-state index contributed by atoms with van der Waals surface area (Å²) in [4.78, 5) is 1.49. The molecule has 0 fully saturated rings. The van der Waals surface area contributed by atoms with Crippen molar-refractivity contribution in [2.45, 2.75) is 11.2 Å². The van der Waals surface area contributed by atoms with E-state index in [1.807, 2.05) is 23.1 Å². The fraction of sp³-hybridized carbons (Fsp3) is 0.333. The molecule has 2 rings (SSSR count). The van der Waals surface area contributed by atoms with Crippen LogP contribution in [0.4, 0.5) is 0 Å². The molecular formula is C9H10S2. The van der Waals surface area contributed by atoms with Gasteiger partial charge in [-0.1, -0.05) is 18.2 Å². The van der Waals surface area contributed by atoms with Gasteiger partial charge in [-0.2, -0.15) is 0 Å². The van der Waals surface area contributed by atoms with Gasteiger partial charge < -0.3 is 0 Å². The molecule has 1 aromatic heterocycles. The van der Waals surface area contributed by atoms with E-state index in [-0.39, 0.29) is 0 Å². The molecule has 0 N–H and O–H groups in total. The van der Waals surface area contributed by atoms with Crippen molar-refractivity contribution in [3.05, 3.63) is 34.5 Å². The molecule has 1 aliphatic carbocycles. The van der Waals surface area contributed by atoms with Gasteiger partial charge in [0.2, 0.25) is 0 Å². The molecule has 1 aliphatic rings. The summed E-state index contributed by atoms with van der Waals surface area (Å²) < 4.78 is 0.341. The number of thiophene rings is 1. The van der Waals surface area contributed by atoms with Gasteiger partial charge in [0.1, 0.15) is 0 Å². The van der Waals surface area contributed by atoms with Crippen LogP contribution in [0.1, 0.15) is 11.3 Å². The zero-order chi connectivity index (χ0) is 7.73. The highest BCUT2D eigenvalue weighted by Crippen LogP contribution is 2.47. The van der Waals surface area contributed by atoms with Gasteiger partial charge in [-0.05, 0) is 24.1 Å². The van der Waals surface area contributed by atoms with Crippen molar-refractivity contribution >= 4 is 23.1 Å². The summed E-state index contributed by atoms with van der Waals surface area (Å²) in [6.45, 7) is 0. The molecule has 0 amide bonds. The lowest BCUT2D eigenvalue weighted by atomic mass is 9.92. The van der Waals surface area contributed by atoms with Crippen LogP contribution < -0.4 is 0 Å². The number of hydrogen-bond acceptors (Lipinski definition) is 2. The minimum Gasteiger partial charge on any atom is -0.148 e. The number of hydrogen-bond donors (Lipinski definition) is 0. The largest absolute Gasteiger partial charge is 0.148 e. The van der Waals surface area contributed by atoms with Crippen molar-refractivity contribution < 1.29 is 0 Å². The lowest BCUT2D eigenvalue weighted by molar-refractivity contribution is 0.739. The van der Waals surface area contributed by atoms with Crippen LogP contribution in [-0.4, -0.2) is 6.26 Å². The average Bonchev–Trinajstić information content (AvgIpc) is 2.39. The van der Waals surface area contributed by atoms with Crippen LogP contribution in [0, 0.1) is 0 Å². The fourth-order valence-corrected chi connectivity index (χ4v) is 3.26. The maximum absolute atomic E-state index is 2.31. The Hall–Kier alpha value is -0.210. The first-order valence-electron chi connectivity index (χ1n) is 3.64. The van der Waals surface area contributed by atoms with Gasteiger partial charge in [-0.25, -0.2) is 0 Å². The predicted molar refractivity (Wildman–Crippen MR) is 53.3 cm³/mol. The van der Waals surface area contributed by atoms with E-state index in [4.69, 9.17) is 0 Å². The second-order valence-electron chi connectivity index (χ2n) is 2.68. The zero-order valence-corrected chi connectivity index (χ0v) is 8.04. The zero-order valence-electron chi connectivity index (χ0n) is 6.41. The molecule has 11 heavy (non-hydrogen) atoms. The third-order valence-electron chi connectivity index (χ3n) is 2.11. The Labute approximate surface area is 75.3 Å². The summed E-state index contributed by atoms with van der Waals surface area (Å²) in [5.41, 5.74) is 0. The smallest absolute Gasteiger partial charge is 0.0712 e. The third-order valence-corrected chi connectivity index (χ3v) is 4.54. The Kier molecular flexibility index (Phi) is 1.81. The maximum atomic E-state index is 2.31. The summed E-state index contributed by atoms with van der Waals surface area (Å²) in [5, 5.41) is 2.15. The van der Waals surface area contributed by atoms with Gasteiger partial charge in [0.25, 0.3) is 0 Å². The summed E-state index contributed by atoms with van der Waals surface area (Å²) >= 11 is 3.80. The summed E-state index contributed by atoms with van der Waals surface area (Å²) in [6, 6.07) is 4.36. The van der Waals surface area contributed by atoms with E-state index in [0.29, 0.717) is 4.75 Å². The van der Waals surface area contributed by atoms with E-state index < -0.39 is 0 Å². The Bertz CT molecular complexity index is 261. The van der Waals surface area contributed by atoms with Crippen molar-refractivity contribution in [2.24, 2.45) is 0 Å². The molecule has 0 saturated carbocycles. The molecule has 1 unspecified atom stereocenters. The van der Waals surface area contributed by atoms with Crippen LogP contribution in [0.2, 0.25) is 0 Å². The molecule has 0 spiro atoms. The van der Waals surface area contributed by atoms with Gasteiger partial charge >= 0.3 is 0 Å². The highest BCUT2D eigenvalue weighted by molar-refractivity contribution is 7.99. The molecule has 0 saturated heterocycles. The fourth-order valence-electron chi connectivity index (χ4n) is 1.29. The lowest BCUT2D eigenvalue weighted by Crippen LogP contribution is -2.22. The molecule has 0 nitrogen and oxygen atoms in total. The van der Waals surface area contributed by atoms with Gasteiger partial charge in [-0.3, -0.25) is 0 Å². The topological polar surface area (TPSA) is 0 Å². The molecule has 58 valence electrons. The van der Waals surface area contributed by atoms with Crippen molar-refractivity contribution in [2.75, 3.05) is 6.26 Å². The molecular weight excluding hydrogens is 172 g/mol. The van der Waals surface area contributed by atoms with Crippen molar-refractivity contribution in [1.29, 1.82) is 0 Å². The summed E-state index contributed by atoms with van der Waals surface area (Å²) in [7, 11) is 0. The van der Waals surface area contributed by atoms with E-state index in [1.165, 1.54) is 11.3 Å². The standard InChI is InChI=1S/C9H10S2/c1-10-9(5-3-6-9)8-4-2-7-11-8/h2-5,7H,6H2,1H3. The van der Waals surface area contributed by atoms with Gasteiger partial charge in [0, 0.05) is 4.88 Å². The second-order valence-corrected chi connectivity index (χ2v) is 4.76. The monoisotopic (exact) mass is 182 g/mol. The highest BCUT2D eigenvalue weighted by atomic mass is 32.2. The van der Waals surface area contributed by atoms with Gasteiger partial charge in [0.15, 0.2) is 0 Å². The predicted octanol–water partition coefficient (Wildman–Crippen LogP) is 3.27. The van der Waals surface area contributed by atoms with E-state index in [1.54, 1.807) is 0 Å².